The van der Waals surface area contributed by atoms with E-state index in [0.717, 1.165) is 17.1 Å². The Balaban J connectivity index is 2.58. The number of hydrogen-bond donors (Lipinski definition) is 1. The summed E-state index contributed by atoms with van der Waals surface area (Å²) in [6.45, 7) is 6.54. The lowest BCUT2D eigenvalue weighted by Gasteiger charge is -2.24. The Morgan fingerprint density at radius 2 is 2.29 bits per heavy atom. The summed E-state index contributed by atoms with van der Waals surface area (Å²) in [7, 11) is 1.78. The van der Waals surface area contributed by atoms with Gasteiger partial charge in [-0.3, -0.25) is 4.79 Å². The molecule has 0 aliphatic heterocycles. The molecule has 4 nitrogen and oxygen atoms in total. The normalized spacial score (nSPS) is 14.4. The number of carbonyl (C=O) groups is 1. The number of likely N-dealkylation sites (N-methyl/N-ethyl adjacent to an activating group) is 1. The number of amides is 1. The van der Waals surface area contributed by atoms with Crippen LogP contribution in [0.3, 0.4) is 0 Å². The highest BCUT2D eigenvalue weighted by Gasteiger charge is 2.23. The Morgan fingerprint density at radius 3 is 2.76 bits per heavy atom. The minimum atomic E-state index is -0.412. The summed E-state index contributed by atoms with van der Waals surface area (Å²) in [5, 5.41) is 3.00. The molecule has 5 heteroatoms. The van der Waals surface area contributed by atoms with Crippen LogP contribution in [0, 0.1) is 12.8 Å². The molecule has 0 saturated carbocycles. The van der Waals surface area contributed by atoms with Crippen LogP contribution < -0.4 is 5.73 Å². The monoisotopic (exact) mass is 255 g/mol. The first-order chi connectivity index (χ1) is 7.95. The van der Waals surface area contributed by atoms with Gasteiger partial charge in [0.25, 0.3) is 0 Å². The van der Waals surface area contributed by atoms with Crippen molar-refractivity contribution >= 4 is 17.2 Å². The largest absolute Gasteiger partial charge is 0.338 e. The molecule has 1 heterocycles. The van der Waals surface area contributed by atoms with Crippen LogP contribution in [0.4, 0.5) is 0 Å². The Kier molecular flexibility index (Phi) is 5.08. The van der Waals surface area contributed by atoms with Crippen molar-refractivity contribution in [1.82, 2.24) is 9.88 Å². The number of aryl methyl sites for hydroxylation is 1. The molecule has 0 bridgehead atoms. The lowest BCUT2D eigenvalue weighted by molar-refractivity contribution is -0.133. The van der Waals surface area contributed by atoms with Gasteiger partial charge in [0, 0.05) is 12.4 Å². The van der Waals surface area contributed by atoms with Gasteiger partial charge >= 0.3 is 0 Å². The van der Waals surface area contributed by atoms with Gasteiger partial charge in [0.05, 0.1) is 23.3 Å². The summed E-state index contributed by atoms with van der Waals surface area (Å²) >= 11 is 1.60. The van der Waals surface area contributed by atoms with Crippen molar-refractivity contribution in [2.75, 3.05) is 7.05 Å². The molecule has 0 aliphatic carbocycles. The van der Waals surface area contributed by atoms with Crippen molar-refractivity contribution in [2.45, 2.75) is 39.8 Å². The third-order valence-corrected chi connectivity index (χ3v) is 3.81. The number of nitrogens with zero attached hydrogens (tertiary/aromatic N) is 2. The maximum atomic E-state index is 12.0. The predicted molar refractivity (Wildman–Crippen MR) is 70.8 cm³/mol. The van der Waals surface area contributed by atoms with E-state index in [1.54, 1.807) is 23.3 Å². The van der Waals surface area contributed by atoms with Crippen molar-refractivity contribution in [2.24, 2.45) is 11.7 Å². The number of rotatable bonds is 5. The first-order valence-electron chi connectivity index (χ1n) is 5.87. The lowest BCUT2D eigenvalue weighted by atomic mass is 9.99. The molecular formula is C12H21N3OS. The van der Waals surface area contributed by atoms with E-state index in [-0.39, 0.29) is 11.8 Å². The number of nitrogens with two attached hydrogens (primary N) is 1. The zero-order chi connectivity index (χ0) is 13.0. The molecule has 1 aromatic rings. The van der Waals surface area contributed by atoms with Gasteiger partial charge in [-0.1, -0.05) is 20.3 Å². The van der Waals surface area contributed by atoms with Gasteiger partial charge in [0.2, 0.25) is 5.91 Å². The molecule has 1 aromatic heterocycles. The van der Waals surface area contributed by atoms with Gasteiger partial charge in [-0.15, -0.1) is 11.3 Å². The number of carbonyl (C=O) groups excluding carboxylic acids is 1. The van der Waals surface area contributed by atoms with Crippen molar-refractivity contribution in [1.29, 1.82) is 0 Å². The number of aromatic nitrogens is 1. The Labute approximate surface area is 107 Å². The third-order valence-electron chi connectivity index (χ3n) is 2.98. The molecule has 0 spiro atoms. The molecule has 0 saturated heterocycles. The summed E-state index contributed by atoms with van der Waals surface area (Å²) in [4.78, 5) is 18.0. The van der Waals surface area contributed by atoms with Crippen LogP contribution in [0.1, 0.15) is 31.0 Å². The second-order valence-corrected chi connectivity index (χ2v) is 5.53. The van der Waals surface area contributed by atoms with Crippen LogP contribution in [-0.2, 0) is 11.3 Å². The quantitative estimate of drug-likeness (QED) is 0.872. The minimum absolute atomic E-state index is 0.00926. The smallest absolute Gasteiger partial charge is 0.239 e. The fourth-order valence-corrected chi connectivity index (χ4v) is 2.16. The van der Waals surface area contributed by atoms with Crippen LogP contribution in [0.5, 0.6) is 0 Å². The van der Waals surface area contributed by atoms with Gasteiger partial charge < -0.3 is 10.6 Å². The molecule has 0 fully saturated rings. The average Bonchev–Trinajstić information content (AvgIpc) is 2.71. The highest BCUT2D eigenvalue weighted by molar-refractivity contribution is 7.09. The second-order valence-electron chi connectivity index (χ2n) is 4.46. The summed E-state index contributed by atoms with van der Waals surface area (Å²) < 4.78 is 0. The van der Waals surface area contributed by atoms with Crippen molar-refractivity contribution < 1.29 is 4.79 Å². The first-order valence-corrected chi connectivity index (χ1v) is 6.75. The zero-order valence-electron chi connectivity index (χ0n) is 10.9. The molecule has 1 amide bonds. The molecule has 0 aromatic carbocycles. The summed E-state index contributed by atoms with van der Waals surface area (Å²) in [6, 6.07) is -0.412. The van der Waals surface area contributed by atoms with Crippen molar-refractivity contribution in [3.05, 3.63) is 16.1 Å². The van der Waals surface area contributed by atoms with Crippen molar-refractivity contribution in [3.8, 4) is 0 Å². The third kappa shape index (κ3) is 3.78. The Bertz CT molecular complexity index is 378. The maximum absolute atomic E-state index is 12.0. The zero-order valence-corrected chi connectivity index (χ0v) is 11.8. The number of thiazole rings is 1. The second kappa shape index (κ2) is 6.12. The van der Waals surface area contributed by atoms with Crippen molar-refractivity contribution in [3.63, 3.8) is 0 Å². The fourth-order valence-electron chi connectivity index (χ4n) is 1.55. The van der Waals surface area contributed by atoms with Gasteiger partial charge in [-0.05, 0) is 12.8 Å². The molecule has 17 heavy (non-hydrogen) atoms. The highest BCUT2D eigenvalue weighted by atomic mass is 32.1. The molecule has 0 radical (unpaired) electrons. The van der Waals surface area contributed by atoms with E-state index in [4.69, 9.17) is 5.73 Å². The highest BCUT2D eigenvalue weighted by Crippen LogP contribution is 2.12. The van der Waals surface area contributed by atoms with E-state index >= 15 is 0 Å². The topological polar surface area (TPSA) is 59.2 Å². The summed E-state index contributed by atoms with van der Waals surface area (Å²) in [5.74, 6) is 0.201. The molecule has 1 rings (SSSR count). The average molecular weight is 255 g/mol. The fraction of sp³-hybridized carbons (Fsp3) is 0.667. The Hall–Kier alpha value is -0.940. The minimum Gasteiger partial charge on any atom is -0.338 e. The molecule has 1 unspecified atom stereocenters. The predicted octanol–water partition coefficient (Wildman–Crippen LogP) is 1.78. The van der Waals surface area contributed by atoms with Crippen LogP contribution in [-0.4, -0.2) is 28.9 Å². The lowest BCUT2D eigenvalue weighted by Crippen LogP contribution is -2.45. The van der Waals surface area contributed by atoms with Crippen LogP contribution >= 0.6 is 11.3 Å². The van der Waals surface area contributed by atoms with Crippen LogP contribution in [0.25, 0.3) is 0 Å². The van der Waals surface area contributed by atoms with Gasteiger partial charge in [0.15, 0.2) is 0 Å². The first kappa shape index (κ1) is 14.1. The molecule has 0 aliphatic rings. The summed E-state index contributed by atoms with van der Waals surface area (Å²) in [5.41, 5.74) is 6.85. The standard InChI is InChI=1S/C12H21N3OS/c1-5-8(2)11(13)12(16)15(4)6-10-7-17-9(3)14-10/h7-8,11H,5-6,13H2,1-4H3/t8?,11-/m0/s1. The number of hydrogen-bond acceptors (Lipinski definition) is 4. The van der Waals surface area contributed by atoms with Crippen LogP contribution in [0.15, 0.2) is 5.38 Å². The van der Waals surface area contributed by atoms with Gasteiger partial charge in [-0.2, -0.15) is 0 Å². The van der Waals surface area contributed by atoms with E-state index in [1.165, 1.54) is 0 Å². The molecular weight excluding hydrogens is 234 g/mol. The van der Waals surface area contributed by atoms with Gasteiger partial charge in [-0.25, -0.2) is 4.98 Å². The van der Waals surface area contributed by atoms with Crippen LogP contribution in [0.2, 0.25) is 0 Å². The van der Waals surface area contributed by atoms with E-state index in [0.29, 0.717) is 6.54 Å². The summed E-state index contributed by atoms with van der Waals surface area (Å²) in [6.07, 6.45) is 0.913. The maximum Gasteiger partial charge on any atom is 0.239 e. The van der Waals surface area contributed by atoms with E-state index in [1.807, 2.05) is 26.2 Å². The van der Waals surface area contributed by atoms with E-state index < -0.39 is 6.04 Å². The van der Waals surface area contributed by atoms with E-state index in [9.17, 15) is 4.79 Å². The Morgan fingerprint density at radius 1 is 1.65 bits per heavy atom. The van der Waals surface area contributed by atoms with Gasteiger partial charge in [0.1, 0.15) is 0 Å². The molecule has 96 valence electrons. The molecule has 2 atom stereocenters. The van der Waals surface area contributed by atoms with E-state index in [2.05, 4.69) is 4.98 Å². The molecule has 2 N–H and O–H groups in total. The SMILES string of the molecule is CCC(C)[C@H](N)C(=O)N(C)Cc1csc(C)n1.